The van der Waals surface area contributed by atoms with Gasteiger partial charge in [0.1, 0.15) is 0 Å². The second-order valence-corrected chi connectivity index (χ2v) is 4.01. The second-order valence-electron chi connectivity index (χ2n) is 4.01. The minimum atomic E-state index is 0.303. The van der Waals surface area contributed by atoms with Crippen LogP contribution in [0.4, 0.5) is 5.82 Å². The van der Waals surface area contributed by atoms with E-state index in [1.165, 1.54) is 0 Å². The minimum absolute atomic E-state index is 0.303. The fraction of sp³-hybridized carbons (Fsp3) is 0.583. The number of likely N-dealkylation sites (N-methyl/N-ethyl adjacent to an activating group) is 1. The molecule has 1 aromatic heterocycles. The normalized spacial score (nSPS) is 20.4. The molecule has 0 spiro atoms. The molecule has 1 fully saturated rings. The lowest BCUT2D eigenvalue weighted by molar-refractivity contribution is 0.0936. The molecule has 0 amide bonds. The predicted molar refractivity (Wildman–Crippen MR) is 66.7 cm³/mol. The van der Waals surface area contributed by atoms with Gasteiger partial charge in [-0.2, -0.15) is 0 Å². The van der Waals surface area contributed by atoms with Crippen LogP contribution in [-0.4, -0.2) is 51.5 Å². The van der Waals surface area contributed by atoms with Crippen molar-refractivity contribution < 1.29 is 9.47 Å². The standard InChI is InChI=1S/C12H19N3O2/c1-13-8-10-9-17-7-6-15(10)12-11(16-2)4-3-5-14-12/h3-5,10,13H,6-9H2,1-2H3. The molecular formula is C12H19N3O2. The first-order chi connectivity index (χ1) is 8.36. The number of ether oxygens (including phenoxy) is 2. The van der Waals surface area contributed by atoms with Gasteiger partial charge in [0.05, 0.1) is 26.4 Å². The number of rotatable bonds is 4. The maximum atomic E-state index is 5.51. The van der Waals surface area contributed by atoms with E-state index in [-0.39, 0.29) is 0 Å². The number of pyridine rings is 1. The number of methoxy groups -OCH3 is 1. The van der Waals surface area contributed by atoms with Crippen LogP contribution in [0, 0.1) is 0 Å². The Hall–Kier alpha value is -1.33. The van der Waals surface area contributed by atoms with Gasteiger partial charge in [-0.25, -0.2) is 4.98 Å². The van der Waals surface area contributed by atoms with Crippen LogP contribution in [0.15, 0.2) is 18.3 Å². The third-order valence-electron chi connectivity index (χ3n) is 2.91. The van der Waals surface area contributed by atoms with Crippen LogP contribution in [0.25, 0.3) is 0 Å². The highest BCUT2D eigenvalue weighted by atomic mass is 16.5. The van der Waals surface area contributed by atoms with Crippen molar-refractivity contribution in [3.05, 3.63) is 18.3 Å². The summed E-state index contributed by atoms with van der Waals surface area (Å²) < 4.78 is 10.9. The summed E-state index contributed by atoms with van der Waals surface area (Å²) in [4.78, 5) is 6.67. The van der Waals surface area contributed by atoms with Gasteiger partial charge in [-0.1, -0.05) is 0 Å². The lowest BCUT2D eigenvalue weighted by atomic mass is 10.2. The van der Waals surface area contributed by atoms with Crippen molar-refractivity contribution in [2.75, 3.05) is 45.4 Å². The van der Waals surface area contributed by atoms with Crippen LogP contribution in [0.1, 0.15) is 0 Å². The number of aromatic nitrogens is 1. The van der Waals surface area contributed by atoms with E-state index >= 15 is 0 Å². The van der Waals surface area contributed by atoms with Gasteiger partial charge < -0.3 is 19.7 Å². The monoisotopic (exact) mass is 237 g/mol. The first-order valence-corrected chi connectivity index (χ1v) is 5.84. The quantitative estimate of drug-likeness (QED) is 0.827. The van der Waals surface area contributed by atoms with E-state index in [0.29, 0.717) is 6.04 Å². The molecule has 5 nitrogen and oxygen atoms in total. The van der Waals surface area contributed by atoms with Crippen LogP contribution < -0.4 is 15.0 Å². The molecule has 0 radical (unpaired) electrons. The van der Waals surface area contributed by atoms with Crippen molar-refractivity contribution in [1.29, 1.82) is 0 Å². The summed E-state index contributed by atoms with van der Waals surface area (Å²) in [6.07, 6.45) is 1.80. The Morgan fingerprint density at radius 1 is 1.65 bits per heavy atom. The minimum Gasteiger partial charge on any atom is -0.493 e. The van der Waals surface area contributed by atoms with Gasteiger partial charge in [0.15, 0.2) is 11.6 Å². The van der Waals surface area contributed by atoms with Gasteiger partial charge in [0.25, 0.3) is 0 Å². The third-order valence-corrected chi connectivity index (χ3v) is 2.91. The second kappa shape index (κ2) is 5.84. The van der Waals surface area contributed by atoms with Gasteiger partial charge in [0.2, 0.25) is 0 Å². The molecular weight excluding hydrogens is 218 g/mol. The molecule has 1 saturated heterocycles. The van der Waals surface area contributed by atoms with Crippen molar-refractivity contribution in [3.63, 3.8) is 0 Å². The maximum absolute atomic E-state index is 5.51. The summed E-state index contributed by atoms with van der Waals surface area (Å²) in [5.41, 5.74) is 0. The van der Waals surface area contributed by atoms with Crippen LogP contribution in [0.3, 0.4) is 0 Å². The van der Waals surface area contributed by atoms with Crippen molar-refractivity contribution in [3.8, 4) is 5.75 Å². The van der Waals surface area contributed by atoms with Gasteiger partial charge in [0, 0.05) is 19.3 Å². The molecule has 2 rings (SSSR count). The Bertz CT molecular complexity index is 357. The molecule has 2 heterocycles. The van der Waals surface area contributed by atoms with Crippen molar-refractivity contribution in [2.24, 2.45) is 0 Å². The Morgan fingerprint density at radius 2 is 2.53 bits per heavy atom. The molecule has 0 saturated carbocycles. The molecule has 5 heteroatoms. The van der Waals surface area contributed by atoms with E-state index in [1.54, 1.807) is 13.3 Å². The summed E-state index contributed by atoms with van der Waals surface area (Å²) in [6.45, 7) is 3.18. The van der Waals surface area contributed by atoms with E-state index in [0.717, 1.165) is 37.9 Å². The fourth-order valence-corrected chi connectivity index (χ4v) is 2.10. The molecule has 1 aliphatic rings. The smallest absolute Gasteiger partial charge is 0.171 e. The average Bonchev–Trinajstić information content (AvgIpc) is 2.40. The van der Waals surface area contributed by atoms with Crippen LogP contribution in [0.2, 0.25) is 0 Å². The van der Waals surface area contributed by atoms with Gasteiger partial charge >= 0.3 is 0 Å². The number of hydrogen-bond donors (Lipinski definition) is 1. The number of hydrogen-bond acceptors (Lipinski definition) is 5. The average molecular weight is 237 g/mol. The third kappa shape index (κ3) is 2.68. The highest BCUT2D eigenvalue weighted by Crippen LogP contribution is 2.27. The number of anilines is 1. The molecule has 1 aliphatic heterocycles. The highest BCUT2D eigenvalue weighted by Gasteiger charge is 2.25. The van der Waals surface area contributed by atoms with E-state index in [4.69, 9.17) is 9.47 Å². The topological polar surface area (TPSA) is 46.6 Å². The Balaban J connectivity index is 2.22. The van der Waals surface area contributed by atoms with E-state index in [1.807, 2.05) is 19.2 Å². The van der Waals surface area contributed by atoms with E-state index in [2.05, 4.69) is 15.2 Å². The van der Waals surface area contributed by atoms with Crippen LogP contribution in [-0.2, 0) is 4.74 Å². The number of morpholine rings is 1. The molecule has 94 valence electrons. The van der Waals surface area contributed by atoms with Crippen molar-refractivity contribution in [1.82, 2.24) is 10.3 Å². The van der Waals surface area contributed by atoms with Crippen molar-refractivity contribution >= 4 is 5.82 Å². The first-order valence-electron chi connectivity index (χ1n) is 5.84. The van der Waals surface area contributed by atoms with E-state index < -0.39 is 0 Å². The zero-order chi connectivity index (χ0) is 12.1. The lowest BCUT2D eigenvalue weighted by Crippen LogP contribution is -2.50. The van der Waals surface area contributed by atoms with E-state index in [9.17, 15) is 0 Å². The molecule has 1 unspecified atom stereocenters. The zero-order valence-electron chi connectivity index (χ0n) is 10.3. The molecule has 0 aliphatic carbocycles. The summed E-state index contributed by atoms with van der Waals surface area (Å²) in [7, 11) is 3.62. The summed E-state index contributed by atoms with van der Waals surface area (Å²) in [6, 6.07) is 4.13. The van der Waals surface area contributed by atoms with Gasteiger partial charge in [-0.15, -0.1) is 0 Å². The predicted octanol–water partition coefficient (Wildman–Crippen LogP) is 0.515. The maximum Gasteiger partial charge on any atom is 0.171 e. The zero-order valence-corrected chi connectivity index (χ0v) is 10.3. The lowest BCUT2D eigenvalue weighted by Gasteiger charge is -2.36. The highest BCUT2D eigenvalue weighted by molar-refractivity contribution is 5.53. The van der Waals surface area contributed by atoms with Crippen LogP contribution >= 0.6 is 0 Å². The van der Waals surface area contributed by atoms with Crippen molar-refractivity contribution in [2.45, 2.75) is 6.04 Å². The largest absolute Gasteiger partial charge is 0.493 e. The molecule has 1 aromatic rings. The summed E-state index contributed by atoms with van der Waals surface area (Å²) in [5.74, 6) is 1.72. The van der Waals surface area contributed by atoms with Gasteiger partial charge in [-0.05, 0) is 19.2 Å². The SMILES string of the molecule is CNCC1COCCN1c1ncccc1OC. The van der Waals surface area contributed by atoms with Gasteiger partial charge in [-0.3, -0.25) is 0 Å². The molecule has 17 heavy (non-hydrogen) atoms. The fourth-order valence-electron chi connectivity index (χ4n) is 2.10. The molecule has 1 N–H and O–H groups in total. The number of nitrogens with zero attached hydrogens (tertiary/aromatic N) is 2. The molecule has 1 atom stereocenters. The summed E-state index contributed by atoms with van der Waals surface area (Å²) >= 11 is 0. The molecule has 0 aromatic carbocycles. The first kappa shape index (κ1) is 12.1. The number of nitrogens with one attached hydrogen (secondary N) is 1. The Morgan fingerprint density at radius 3 is 3.29 bits per heavy atom. The Labute approximate surface area is 102 Å². The Kier molecular flexibility index (Phi) is 4.17. The van der Waals surface area contributed by atoms with Crippen LogP contribution in [0.5, 0.6) is 5.75 Å². The summed E-state index contributed by atoms with van der Waals surface area (Å²) in [5, 5.41) is 3.18. The molecule has 0 bridgehead atoms.